The van der Waals surface area contributed by atoms with Crippen LogP contribution in [0.15, 0.2) is 4.79 Å². The first-order valence-corrected chi connectivity index (χ1v) is 6.36. The van der Waals surface area contributed by atoms with E-state index >= 15 is 0 Å². The molecule has 0 radical (unpaired) electrons. The van der Waals surface area contributed by atoms with Crippen LogP contribution in [0, 0.1) is 13.8 Å². The van der Waals surface area contributed by atoms with Gasteiger partial charge in [0.25, 0.3) is 11.5 Å². The van der Waals surface area contributed by atoms with Crippen molar-refractivity contribution in [2.45, 2.75) is 33.1 Å². The van der Waals surface area contributed by atoms with Gasteiger partial charge in [-0.25, -0.2) is 4.68 Å². The normalized spacial score (nSPS) is 15.8. The quantitative estimate of drug-likeness (QED) is 0.746. The van der Waals surface area contributed by atoms with Crippen LogP contribution in [0.5, 0.6) is 0 Å². The number of carbonyl (C=O) groups is 1. The third kappa shape index (κ3) is 2.17. The number of nitrogens with zero attached hydrogens (tertiary/aromatic N) is 3. The molecule has 18 heavy (non-hydrogen) atoms. The van der Waals surface area contributed by atoms with Gasteiger partial charge < -0.3 is 4.90 Å². The van der Waals surface area contributed by atoms with Crippen molar-refractivity contribution in [2.24, 2.45) is 7.05 Å². The van der Waals surface area contributed by atoms with Crippen LogP contribution in [0.1, 0.15) is 40.9 Å². The van der Waals surface area contributed by atoms with E-state index in [9.17, 15) is 9.59 Å². The summed E-state index contributed by atoms with van der Waals surface area (Å²) in [5.41, 5.74) is 1.42. The monoisotopic (exact) mass is 249 g/mol. The zero-order valence-electron chi connectivity index (χ0n) is 11.2. The molecular weight excluding hydrogens is 230 g/mol. The first-order valence-electron chi connectivity index (χ1n) is 6.36. The number of likely N-dealkylation sites (tertiary alicyclic amines) is 1. The molecule has 1 saturated heterocycles. The molecule has 2 rings (SSSR count). The van der Waals surface area contributed by atoms with Gasteiger partial charge >= 0.3 is 0 Å². The number of hydrogen-bond acceptors (Lipinski definition) is 3. The molecule has 0 unspecified atom stereocenters. The molecule has 5 nitrogen and oxygen atoms in total. The average Bonchev–Trinajstić information content (AvgIpc) is 2.37. The molecule has 1 fully saturated rings. The second kappa shape index (κ2) is 4.92. The standard InChI is InChI=1S/C13H19N3O2/c1-9-10(2)14-15(3)12(17)11(9)13(18)16-7-5-4-6-8-16/h4-8H2,1-3H3. The fourth-order valence-electron chi connectivity index (χ4n) is 2.36. The van der Waals surface area contributed by atoms with Gasteiger partial charge in [-0.05, 0) is 38.7 Å². The van der Waals surface area contributed by atoms with Gasteiger partial charge in [0.2, 0.25) is 0 Å². The molecule has 5 heteroatoms. The Morgan fingerprint density at radius 3 is 2.39 bits per heavy atom. The molecule has 0 N–H and O–H groups in total. The van der Waals surface area contributed by atoms with Crippen molar-refractivity contribution in [3.05, 3.63) is 27.2 Å². The molecule has 0 saturated carbocycles. The maximum atomic E-state index is 12.4. The molecule has 0 aromatic carbocycles. The van der Waals surface area contributed by atoms with E-state index in [1.807, 2.05) is 6.92 Å². The molecule has 0 bridgehead atoms. The zero-order valence-corrected chi connectivity index (χ0v) is 11.2. The molecule has 0 aliphatic carbocycles. The maximum Gasteiger partial charge on any atom is 0.279 e. The van der Waals surface area contributed by atoms with Crippen molar-refractivity contribution < 1.29 is 4.79 Å². The van der Waals surface area contributed by atoms with Gasteiger partial charge in [-0.1, -0.05) is 0 Å². The van der Waals surface area contributed by atoms with E-state index in [2.05, 4.69) is 5.10 Å². The molecular formula is C13H19N3O2. The van der Waals surface area contributed by atoms with Crippen LogP contribution in [0.4, 0.5) is 0 Å². The molecule has 1 aromatic heterocycles. The topological polar surface area (TPSA) is 55.2 Å². The van der Waals surface area contributed by atoms with Gasteiger partial charge in [-0.15, -0.1) is 0 Å². The Kier molecular flexibility index (Phi) is 3.50. The lowest BCUT2D eigenvalue weighted by molar-refractivity contribution is 0.0720. The summed E-state index contributed by atoms with van der Waals surface area (Å²) in [5.74, 6) is -0.140. The minimum Gasteiger partial charge on any atom is -0.338 e. The summed E-state index contributed by atoms with van der Waals surface area (Å²) in [6, 6.07) is 0. The van der Waals surface area contributed by atoms with E-state index in [1.54, 1.807) is 18.9 Å². The predicted molar refractivity (Wildman–Crippen MR) is 68.7 cm³/mol. The molecule has 0 spiro atoms. The fraction of sp³-hybridized carbons (Fsp3) is 0.615. The van der Waals surface area contributed by atoms with Crippen molar-refractivity contribution >= 4 is 5.91 Å². The van der Waals surface area contributed by atoms with E-state index in [1.165, 1.54) is 4.68 Å². The van der Waals surface area contributed by atoms with E-state index < -0.39 is 0 Å². The first-order chi connectivity index (χ1) is 8.52. The summed E-state index contributed by atoms with van der Waals surface area (Å²) < 4.78 is 1.25. The van der Waals surface area contributed by atoms with Crippen LogP contribution >= 0.6 is 0 Å². The fourth-order valence-corrected chi connectivity index (χ4v) is 2.36. The number of amides is 1. The van der Waals surface area contributed by atoms with Crippen LogP contribution < -0.4 is 5.56 Å². The van der Waals surface area contributed by atoms with E-state index in [4.69, 9.17) is 0 Å². The number of hydrogen-bond donors (Lipinski definition) is 0. The highest BCUT2D eigenvalue weighted by atomic mass is 16.2. The predicted octanol–water partition coefficient (Wildman–Crippen LogP) is 1.02. The highest BCUT2D eigenvalue weighted by molar-refractivity contribution is 5.95. The average molecular weight is 249 g/mol. The Morgan fingerprint density at radius 2 is 1.78 bits per heavy atom. The first kappa shape index (κ1) is 12.8. The Hall–Kier alpha value is -1.65. The summed E-state index contributed by atoms with van der Waals surface area (Å²) in [5, 5.41) is 4.09. The third-order valence-corrected chi connectivity index (χ3v) is 3.58. The summed E-state index contributed by atoms with van der Waals surface area (Å²) in [7, 11) is 1.59. The lowest BCUT2D eigenvalue weighted by Gasteiger charge is -2.27. The van der Waals surface area contributed by atoms with Gasteiger partial charge in [0, 0.05) is 20.1 Å². The second-order valence-electron chi connectivity index (χ2n) is 4.87. The molecule has 1 amide bonds. The van der Waals surface area contributed by atoms with E-state index in [0.717, 1.165) is 38.0 Å². The molecule has 1 aromatic rings. The number of rotatable bonds is 1. The van der Waals surface area contributed by atoms with Crippen molar-refractivity contribution in [1.82, 2.24) is 14.7 Å². The van der Waals surface area contributed by atoms with Gasteiger partial charge in [-0.3, -0.25) is 9.59 Å². The molecule has 2 heterocycles. The van der Waals surface area contributed by atoms with Crippen molar-refractivity contribution in [1.29, 1.82) is 0 Å². The number of aromatic nitrogens is 2. The number of aryl methyl sites for hydroxylation is 2. The highest BCUT2D eigenvalue weighted by Gasteiger charge is 2.24. The van der Waals surface area contributed by atoms with Crippen LogP contribution in [0.25, 0.3) is 0 Å². The van der Waals surface area contributed by atoms with E-state index in [0.29, 0.717) is 5.56 Å². The van der Waals surface area contributed by atoms with Crippen LogP contribution in [-0.4, -0.2) is 33.7 Å². The number of piperidine rings is 1. The zero-order chi connectivity index (χ0) is 13.3. The number of carbonyl (C=O) groups excluding carboxylic acids is 1. The minimum atomic E-state index is -0.298. The van der Waals surface area contributed by atoms with Crippen LogP contribution in [0.3, 0.4) is 0 Å². The Labute approximate surface area is 106 Å². The lowest BCUT2D eigenvalue weighted by atomic mass is 10.1. The molecule has 0 atom stereocenters. The smallest absolute Gasteiger partial charge is 0.279 e. The van der Waals surface area contributed by atoms with Crippen molar-refractivity contribution in [3.63, 3.8) is 0 Å². The summed E-state index contributed by atoms with van der Waals surface area (Å²) in [6.45, 7) is 5.12. The molecule has 98 valence electrons. The molecule has 1 aliphatic heterocycles. The SMILES string of the molecule is Cc1nn(C)c(=O)c(C(=O)N2CCCCC2)c1C. The summed E-state index contributed by atoms with van der Waals surface area (Å²) in [6.07, 6.45) is 3.21. The van der Waals surface area contributed by atoms with Crippen LogP contribution in [-0.2, 0) is 7.05 Å². The minimum absolute atomic E-state index is 0.140. The third-order valence-electron chi connectivity index (χ3n) is 3.58. The van der Waals surface area contributed by atoms with Crippen molar-refractivity contribution in [2.75, 3.05) is 13.1 Å². The van der Waals surface area contributed by atoms with Gasteiger partial charge in [0.05, 0.1) is 5.69 Å². The van der Waals surface area contributed by atoms with Crippen molar-refractivity contribution in [3.8, 4) is 0 Å². The lowest BCUT2D eigenvalue weighted by Crippen LogP contribution is -2.40. The Bertz CT molecular complexity index is 528. The highest BCUT2D eigenvalue weighted by Crippen LogP contribution is 2.14. The van der Waals surface area contributed by atoms with Gasteiger partial charge in [0.15, 0.2) is 0 Å². The Morgan fingerprint density at radius 1 is 1.17 bits per heavy atom. The Balaban J connectivity index is 2.44. The molecule has 1 aliphatic rings. The van der Waals surface area contributed by atoms with Gasteiger partial charge in [-0.2, -0.15) is 5.10 Å². The second-order valence-corrected chi connectivity index (χ2v) is 4.87. The van der Waals surface area contributed by atoms with Gasteiger partial charge in [0.1, 0.15) is 5.56 Å². The summed E-state index contributed by atoms with van der Waals surface area (Å²) >= 11 is 0. The largest absolute Gasteiger partial charge is 0.338 e. The maximum absolute atomic E-state index is 12.4. The van der Waals surface area contributed by atoms with Crippen LogP contribution in [0.2, 0.25) is 0 Å². The van der Waals surface area contributed by atoms with E-state index in [-0.39, 0.29) is 17.0 Å². The summed E-state index contributed by atoms with van der Waals surface area (Å²) in [4.78, 5) is 26.3.